The molecule has 2 N–H and O–H groups in total. The van der Waals surface area contributed by atoms with Gasteiger partial charge in [-0.25, -0.2) is 0 Å². The summed E-state index contributed by atoms with van der Waals surface area (Å²) in [6.07, 6.45) is 1.60. The van der Waals surface area contributed by atoms with Gasteiger partial charge in [-0.1, -0.05) is 27.7 Å². The third-order valence-corrected chi connectivity index (χ3v) is 3.54. The normalized spacial score (nSPS) is 24.3. The molecule has 0 aliphatic carbocycles. The zero-order chi connectivity index (χ0) is 11.6. The van der Waals surface area contributed by atoms with E-state index < -0.39 is 0 Å². The fraction of sp³-hybridized carbons (Fsp3) is 0.917. The number of nitrogens with two attached hydrogens (primary N) is 1. The number of likely N-dealkylation sites (tertiary alicyclic amines) is 1. The summed E-state index contributed by atoms with van der Waals surface area (Å²) in [6, 6.07) is 0.193. The van der Waals surface area contributed by atoms with Crippen LogP contribution >= 0.6 is 0 Å². The quantitative estimate of drug-likeness (QED) is 0.756. The third kappa shape index (κ3) is 3.49. The van der Waals surface area contributed by atoms with Crippen molar-refractivity contribution < 1.29 is 4.79 Å². The minimum absolute atomic E-state index is 0.193. The van der Waals surface area contributed by atoms with Gasteiger partial charge in [-0.05, 0) is 17.8 Å². The summed E-state index contributed by atoms with van der Waals surface area (Å²) in [4.78, 5) is 13.8. The van der Waals surface area contributed by atoms with E-state index in [9.17, 15) is 4.79 Å². The summed E-state index contributed by atoms with van der Waals surface area (Å²) < 4.78 is 0. The van der Waals surface area contributed by atoms with Crippen molar-refractivity contribution in [2.24, 2.45) is 17.1 Å². The Labute approximate surface area is 93.0 Å². The number of hydrogen-bond donors (Lipinski definition) is 1. The summed E-state index contributed by atoms with van der Waals surface area (Å²) in [7, 11) is 0. The maximum atomic E-state index is 11.9. The Bertz CT molecular complexity index is 232. The van der Waals surface area contributed by atoms with Gasteiger partial charge < -0.3 is 10.6 Å². The predicted octanol–water partition coefficient (Wildman–Crippen LogP) is 1.62. The molecule has 2 atom stereocenters. The Morgan fingerprint density at radius 3 is 2.53 bits per heavy atom. The Balaban J connectivity index is 2.42. The molecule has 1 amide bonds. The van der Waals surface area contributed by atoms with Crippen LogP contribution in [0.3, 0.4) is 0 Å². The summed E-state index contributed by atoms with van der Waals surface area (Å²) in [5.41, 5.74) is 5.99. The molecular formula is C12H24N2O. The van der Waals surface area contributed by atoms with Gasteiger partial charge in [0.05, 0.1) is 0 Å². The third-order valence-electron chi connectivity index (χ3n) is 3.54. The van der Waals surface area contributed by atoms with Crippen LogP contribution in [0.4, 0.5) is 0 Å². The average molecular weight is 212 g/mol. The van der Waals surface area contributed by atoms with Gasteiger partial charge in [-0.3, -0.25) is 4.79 Å². The first-order chi connectivity index (χ1) is 6.80. The summed E-state index contributed by atoms with van der Waals surface area (Å²) in [5.74, 6) is 0.687. The van der Waals surface area contributed by atoms with Crippen LogP contribution in [-0.2, 0) is 4.79 Å². The van der Waals surface area contributed by atoms with Gasteiger partial charge in [0, 0.05) is 25.6 Å². The lowest BCUT2D eigenvalue weighted by atomic mass is 9.80. The second-order valence-corrected chi connectivity index (χ2v) is 5.86. The smallest absolute Gasteiger partial charge is 0.222 e. The van der Waals surface area contributed by atoms with Gasteiger partial charge in [0.2, 0.25) is 5.91 Å². The lowest BCUT2D eigenvalue weighted by molar-refractivity contribution is -0.131. The minimum Gasteiger partial charge on any atom is -0.341 e. The van der Waals surface area contributed by atoms with Crippen LogP contribution < -0.4 is 5.73 Å². The minimum atomic E-state index is 0.193. The molecule has 0 aromatic rings. The van der Waals surface area contributed by atoms with Crippen LogP contribution in [0.5, 0.6) is 0 Å². The Kier molecular flexibility index (Phi) is 3.77. The lowest BCUT2D eigenvalue weighted by Crippen LogP contribution is -2.34. The van der Waals surface area contributed by atoms with Gasteiger partial charge in [-0.15, -0.1) is 0 Å². The van der Waals surface area contributed by atoms with E-state index >= 15 is 0 Å². The van der Waals surface area contributed by atoms with E-state index in [4.69, 9.17) is 5.73 Å². The van der Waals surface area contributed by atoms with Gasteiger partial charge in [-0.2, -0.15) is 0 Å². The summed E-state index contributed by atoms with van der Waals surface area (Å²) in [6.45, 7) is 10.3. The molecule has 1 aliphatic rings. The molecular weight excluding hydrogens is 188 g/mol. The molecule has 3 heteroatoms. The van der Waals surface area contributed by atoms with Gasteiger partial charge in [0.1, 0.15) is 0 Å². The Morgan fingerprint density at radius 1 is 1.53 bits per heavy atom. The van der Waals surface area contributed by atoms with Crippen molar-refractivity contribution in [1.82, 2.24) is 4.90 Å². The molecule has 1 saturated heterocycles. The fourth-order valence-corrected chi connectivity index (χ4v) is 1.71. The van der Waals surface area contributed by atoms with Crippen molar-refractivity contribution in [2.75, 3.05) is 13.1 Å². The van der Waals surface area contributed by atoms with E-state index in [1.54, 1.807) is 0 Å². The maximum absolute atomic E-state index is 11.9. The second kappa shape index (κ2) is 4.52. The highest BCUT2D eigenvalue weighted by Crippen LogP contribution is 2.28. The SMILES string of the molecule is CC(CC(=O)N1CC[C@H](N)C1)C(C)(C)C. The van der Waals surface area contributed by atoms with Crippen LogP contribution in [-0.4, -0.2) is 29.9 Å². The molecule has 88 valence electrons. The number of carbonyl (C=O) groups is 1. The first-order valence-electron chi connectivity index (χ1n) is 5.84. The molecule has 3 nitrogen and oxygen atoms in total. The fourth-order valence-electron chi connectivity index (χ4n) is 1.71. The predicted molar refractivity (Wildman–Crippen MR) is 62.4 cm³/mol. The van der Waals surface area contributed by atoms with Crippen molar-refractivity contribution >= 4 is 5.91 Å². The van der Waals surface area contributed by atoms with E-state index in [2.05, 4.69) is 27.7 Å². The summed E-state index contributed by atoms with van der Waals surface area (Å²) >= 11 is 0. The van der Waals surface area contributed by atoms with E-state index in [1.807, 2.05) is 4.90 Å². The summed E-state index contributed by atoms with van der Waals surface area (Å²) in [5, 5.41) is 0. The van der Waals surface area contributed by atoms with Crippen LogP contribution in [0.2, 0.25) is 0 Å². The van der Waals surface area contributed by atoms with E-state index in [0.29, 0.717) is 12.3 Å². The zero-order valence-electron chi connectivity index (χ0n) is 10.4. The monoisotopic (exact) mass is 212 g/mol. The number of carbonyl (C=O) groups excluding carboxylic acids is 1. The van der Waals surface area contributed by atoms with Crippen LogP contribution in [0.15, 0.2) is 0 Å². The largest absolute Gasteiger partial charge is 0.341 e. The highest BCUT2D eigenvalue weighted by molar-refractivity contribution is 5.76. The van der Waals surface area contributed by atoms with Crippen LogP contribution in [0.25, 0.3) is 0 Å². The highest BCUT2D eigenvalue weighted by atomic mass is 16.2. The first-order valence-corrected chi connectivity index (χ1v) is 5.84. The van der Waals surface area contributed by atoms with Gasteiger partial charge >= 0.3 is 0 Å². The molecule has 1 rings (SSSR count). The van der Waals surface area contributed by atoms with Crippen molar-refractivity contribution in [2.45, 2.75) is 46.6 Å². The van der Waals surface area contributed by atoms with Crippen molar-refractivity contribution in [3.05, 3.63) is 0 Å². The zero-order valence-corrected chi connectivity index (χ0v) is 10.4. The molecule has 1 fully saturated rings. The molecule has 0 aromatic carbocycles. The maximum Gasteiger partial charge on any atom is 0.222 e. The van der Waals surface area contributed by atoms with Crippen LogP contribution in [0, 0.1) is 11.3 Å². The van der Waals surface area contributed by atoms with E-state index in [0.717, 1.165) is 19.5 Å². The molecule has 0 aromatic heterocycles. The molecule has 0 bridgehead atoms. The van der Waals surface area contributed by atoms with Gasteiger partial charge in [0.15, 0.2) is 0 Å². The Morgan fingerprint density at radius 2 is 2.13 bits per heavy atom. The van der Waals surface area contributed by atoms with Crippen molar-refractivity contribution in [1.29, 1.82) is 0 Å². The number of rotatable bonds is 2. The molecule has 0 saturated carbocycles. The molecule has 1 heterocycles. The Hall–Kier alpha value is -0.570. The van der Waals surface area contributed by atoms with Gasteiger partial charge in [0.25, 0.3) is 0 Å². The molecule has 0 radical (unpaired) electrons. The first kappa shape index (κ1) is 12.5. The van der Waals surface area contributed by atoms with Crippen molar-refractivity contribution in [3.63, 3.8) is 0 Å². The van der Waals surface area contributed by atoms with E-state index in [1.165, 1.54) is 0 Å². The second-order valence-electron chi connectivity index (χ2n) is 5.86. The number of amides is 1. The molecule has 1 unspecified atom stereocenters. The molecule has 15 heavy (non-hydrogen) atoms. The van der Waals surface area contributed by atoms with E-state index in [-0.39, 0.29) is 17.4 Å². The number of nitrogens with zero attached hydrogens (tertiary/aromatic N) is 1. The van der Waals surface area contributed by atoms with Crippen LogP contribution in [0.1, 0.15) is 40.5 Å². The number of hydrogen-bond acceptors (Lipinski definition) is 2. The lowest BCUT2D eigenvalue weighted by Gasteiger charge is -2.28. The standard InChI is InChI=1S/C12H24N2O/c1-9(12(2,3)4)7-11(15)14-6-5-10(13)8-14/h9-10H,5-8,13H2,1-4H3/t9?,10-/m0/s1. The molecule has 0 spiro atoms. The molecule has 1 aliphatic heterocycles. The highest BCUT2D eigenvalue weighted by Gasteiger charge is 2.28. The topological polar surface area (TPSA) is 46.3 Å². The average Bonchev–Trinajstić information content (AvgIpc) is 2.50. The van der Waals surface area contributed by atoms with Crippen molar-refractivity contribution in [3.8, 4) is 0 Å².